The van der Waals surface area contributed by atoms with Gasteiger partial charge >= 0.3 is 0 Å². The smallest absolute Gasteiger partial charge is 0.225 e. The predicted molar refractivity (Wildman–Crippen MR) is 111 cm³/mol. The number of hydrogen-bond donors (Lipinski definition) is 3. The molecule has 0 saturated carbocycles. The molecule has 140 valence electrons. The number of ether oxygens (including phenoxy) is 1. The van der Waals surface area contributed by atoms with Crippen LogP contribution in [-0.2, 0) is 4.79 Å². The van der Waals surface area contributed by atoms with E-state index in [2.05, 4.69) is 17.4 Å². The highest BCUT2D eigenvalue weighted by Crippen LogP contribution is 2.36. The van der Waals surface area contributed by atoms with Crippen LogP contribution in [0.2, 0.25) is 0 Å². The Kier molecular flexibility index (Phi) is 4.81. The number of amidine groups is 1. The van der Waals surface area contributed by atoms with Gasteiger partial charge in [0.25, 0.3) is 0 Å². The summed E-state index contributed by atoms with van der Waals surface area (Å²) in [5, 5.41) is 10.5. The number of carbonyl (C=O) groups is 1. The van der Waals surface area contributed by atoms with Crippen LogP contribution in [0.5, 0.6) is 5.75 Å². The highest BCUT2D eigenvalue weighted by atomic mass is 16.5. The van der Waals surface area contributed by atoms with Crippen molar-refractivity contribution in [1.82, 2.24) is 0 Å². The topological polar surface area (TPSA) is 88.2 Å². The average molecular weight is 371 g/mol. The van der Waals surface area contributed by atoms with E-state index in [-0.39, 0.29) is 17.7 Å². The number of anilines is 1. The zero-order valence-electron chi connectivity index (χ0n) is 15.3. The largest absolute Gasteiger partial charge is 0.493 e. The Balaban J connectivity index is 1.42. The normalized spacial score (nSPS) is 14.8. The summed E-state index contributed by atoms with van der Waals surface area (Å²) in [6, 6.07) is 23.3. The molecule has 3 aromatic rings. The van der Waals surface area contributed by atoms with Crippen molar-refractivity contribution >= 4 is 17.4 Å². The van der Waals surface area contributed by atoms with Crippen molar-refractivity contribution in [2.75, 3.05) is 11.9 Å². The first kappa shape index (κ1) is 17.8. The fraction of sp³-hybridized carbons (Fsp3) is 0.130. The zero-order valence-corrected chi connectivity index (χ0v) is 15.3. The highest BCUT2D eigenvalue weighted by Gasteiger charge is 2.27. The van der Waals surface area contributed by atoms with Crippen LogP contribution < -0.4 is 15.8 Å². The lowest BCUT2D eigenvalue weighted by atomic mass is 9.95. The van der Waals surface area contributed by atoms with Gasteiger partial charge in [0.2, 0.25) is 5.91 Å². The van der Waals surface area contributed by atoms with Crippen molar-refractivity contribution < 1.29 is 9.53 Å². The molecule has 1 aliphatic rings. The number of amides is 1. The summed E-state index contributed by atoms with van der Waals surface area (Å²) < 4.78 is 5.67. The lowest BCUT2D eigenvalue weighted by Crippen LogP contribution is -2.17. The van der Waals surface area contributed by atoms with Crippen molar-refractivity contribution in [2.45, 2.75) is 12.3 Å². The average Bonchev–Trinajstić information content (AvgIpc) is 3.11. The van der Waals surface area contributed by atoms with Crippen molar-refractivity contribution in [3.63, 3.8) is 0 Å². The van der Waals surface area contributed by atoms with Crippen LogP contribution in [0, 0.1) is 5.41 Å². The predicted octanol–water partition coefficient (Wildman–Crippen LogP) is 4.14. The van der Waals surface area contributed by atoms with Crippen LogP contribution in [0.4, 0.5) is 5.69 Å². The Morgan fingerprint density at radius 2 is 1.75 bits per heavy atom. The number of rotatable bonds is 5. The highest BCUT2D eigenvalue weighted by molar-refractivity contribution is 5.95. The molecule has 1 atom stereocenters. The summed E-state index contributed by atoms with van der Waals surface area (Å²) in [6.45, 7) is 0.455. The molecule has 1 unspecified atom stereocenters. The third kappa shape index (κ3) is 3.74. The van der Waals surface area contributed by atoms with Gasteiger partial charge in [0.05, 0.1) is 6.61 Å². The van der Waals surface area contributed by atoms with E-state index in [1.807, 2.05) is 54.6 Å². The Bertz CT molecular complexity index is 1010. The minimum Gasteiger partial charge on any atom is -0.493 e. The molecule has 0 aromatic heterocycles. The van der Waals surface area contributed by atoms with Crippen molar-refractivity contribution in [3.8, 4) is 16.9 Å². The van der Waals surface area contributed by atoms with Crippen LogP contribution in [-0.4, -0.2) is 18.3 Å². The molecule has 0 spiro atoms. The molecule has 4 N–H and O–H groups in total. The van der Waals surface area contributed by atoms with Gasteiger partial charge in [-0.25, -0.2) is 0 Å². The van der Waals surface area contributed by atoms with E-state index in [0.29, 0.717) is 18.6 Å². The summed E-state index contributed by atoms with van der Waals surface area (Å²) in [7, 11) is 0. The van der Waals surface area contributed by atoms with Crippen LogP contribution in [0.3, 0.4) is 0 Å². The van der Waals surface area contributed by atoms with Gasteiger partial charge in [-0.3, -0.25) is 10.2 Å². The van der Waals surface area contributed by atoms with Crippen LogP contribution in [0.1, 0.15) is 23.5 Å². The van der Waals surface area contributed by atoms with Crippen molar-refractivity contribution in [1.29, 1.82) is 5.41 Å². The van der Waals surface area contributed by atoms with E-state index in [4.69, 9.17) is 15.9 Å². The summed E-state index contributed by atoms with van der Waals surface area (Å²) >= 11 is 0. The van der Waals surface area contributed by atoms with Gasteiger partial charge in [-0.05, 0) is 41.5 Å². The molecule has 0 fully saturated rings. The fourth-order valence-corrected chi connectivity index (χ4v) is 3.43. The molecule has 28 heavy (non-hydrogen) atoms. The molecule has 5 heteroatoms. The van der Waals surface area contributed by atoms with E-state index < -0.39 is 0 Å². The minimum absolute atomic E-state index is 0.0106. The number of nitrogen functional groups attached to an aromatic ring is 1. The lowest BCUT2D eigenvalue weighted by Gasteiger charge is -2.11. The van der Waals surface area contributed by atoms with Gasteiger partial charge in [-0.2, -0.15) is 0 Å². The van der Waals surface area contributed by atoms with Gasteiger partial charge in [-0.15, -0.1) is 0 Å². The summed E-state index contributed by atoms with van der Waals surface area (Å²) in [5.74, 6) is 0.659. The Morgan fingerprint density at radius 3 is 2.46 bits per heavy atom. The Labute approximate surface area is 163 Å². The van der Waals surface area contributed by atoms with Gasteiger partial charge in [-0.1, -0.05) is 42.5 Å². The van der Waals surface area contributed by atoms with Gasteiger partial charge in [0.15, 0.2) is 0 Å². The molecular formula is C23H21N3O2. The van der Waals surface area contributed by atoms with E-state index in [0.717, 1.165) is 28.1 Å². The van der Waals surface area contributed by atoms with E-state index in [1.165, 1.54) is 0 Å². The molecule has 1 aliphatic heterocycles. The number of fused-ring (bicyclic) bond motifs is 1. The quantitative estimate of drug-likeness (QED) is 0.465. The van der Waals surface area contributed by atoms with Gasteiger partial charge in [0, 0.05) is 29.2 Å². The second-order valence-corrected chi connectivity index (χ2v) is 6.87. The van der Waals surface area contributed by atoms with Crippen LogP contribution in [0.25, 0.3) is 11.1 Å². The summed E-state index contributed by atoms with van der Waals surface area (Å²) in [6.07, 6.45) is 0.314. The molecule has 4 rings (SSSR count). The maximum atomic E-state index is 12.5. The molecule has 0 radical (unpaired) electrons. The number of nitrogens with one attached hydrogen (secondary N) is 2. The number of nitrogens with two attached hydrogens (primary N) is 1. The Hall–Kier alpha value is -3.60. The second kappa shape index (κ2) is 7.56. The summed E-state index contributed by atoms with van der Waals surface area (Å²) in [5.41, 5.74) is 10.2. The fourth-order valence-electron chi connectivity index (χ4n) is 3.43. The number of hydrogen-bond acceptors (Lipinski definition) is 3. The first-order valence-corrected chi connectivity index (χ1v) is 9.16. The van der Waals surface area contributed by atoms with E-state index in [1.54, 1.807) is 6.07 Å². The van der Waals surface area contributed by atoms with E-state index in [9.17, 15) is 4.79 Å². The molecule has 3 aromatic carbocycles. The molecule has 5 nitrogen and oxygen atoms in total. The second-order valence-electron chi connectivity index (χ2n) is 6.87. The first-order chi connectivity index (χ1) is 13.6. The van der Waals surface area contributed by atoms with Gasteiger partial charge in [0.1, 0.15) is 11.6 Å². The molecule has 1 heterocycles. The third-order valence-electron chi connectivity index (χ3n) is 4.91. The van der Waals surface area contributed by atoms with Crippen LogP contribution >= 0.6 is 0 Å². The maximum Gasteiger partial charge on any atom is 0.225 e. The summed E-state index contributed by atoms with van der Waals surface area (Å²) in [4.78, 5) is 12.5. The zero-order chi connectivity index (χ0) is 19.5. The third-order valence-corrected chi connectivity index (χ3v) is 4.91. The maximum absolute atomic E-state index is 12.5. The van der Waals surface area contributed by atoms with Crippen molar-refractivity contribution in [2.24, 2.45) is 5.73 Å². The Morgan fingerprint density at radius 1 is 1.04 bits per heavy atom. The van der Waals surface area contributed by atoms with E-state index >= 15 is 0 Å². The lowest BCUT2D eigenvalue weighted by molar-refractivity contribution is -0.116. The van der Waals surface area contributed by atoms with Crippen LogP contribution in [0.15, 0.2) is 72.8 Å². The van der Waals surface area contributed by atoms with Gasteiger partial charge < -0.3 is 15.8 Å². The minimum atomic E-state index is -0.0675. The molecule has 0 bridgehead atoms. The molecular weight excluding hydrogens is 350 g/mol. The first-order valence-electron chi connectivity index (χ1n) is 9.16. The molecule has 1 amide bonds. The molecule has 0 aliphatic carbocycles. The SMILES string of the molecule is N=C(N)c1ccc2c(c1)C(CC(=O)Nc1ccc(-c3ccccc3)cc1)CO2. The number of benzene rings is 3. The van der Waals surface area contributed by atoms with Crippen molar-refractivity contribution in [3.05, 3.63) is 83.9 Å². The number of carbonyl (C=O) groups excluding carboxylic acids is 1. The molecule has 0 saturated heterocycles. The standard InChI is InChI=1S/C23H21N3O2/c24-23(25)17-8-11-21-20(12-17)18(14-28-21)13-22(27)26-19-9-6-16(7-10-19)15-4-2-1-3-5-15/h1-12,18H,13-14H2,(H3,24,25)(H,26,27). The monoisotopic (exact) mass is 371 g/mol.